The normalized spacial score (nSPS) is 15.1. The van der Waals surface area contributed by atoms with Crippen LogP contribution in [0.3, 0.4) is 0 Å². The number of carbonyl (C=O) groups is 1. The number of rotatable bonds is 4. The van der Waals surface area contributed by atoms with E-state index in [0.29, 0.717) is 5.56 Å². The molecule has 6 heteroatoms. The van der Waals surface area contributed by atoms with Crippen LogP contribution in [0.5, 0.6) is 0 Å². The molecule has 6 nitrogen and oxygen atoms in total. The van der Waals surface area contributed by atoms with Gasteiger partial charge >= 0.3 is 5.97 Å². The molecule has 0 spiro atoms. The fraction of sp³-hybridized carbons (Fsp3) is 0.238. The molecule has 0 saturated carbocycles. The molecule has 0 aliphatic carbocycles. The lowest BCUT2D eigenvalue weighted by atomic mass is 10.0. The predicted octanol–water partition coefficient (Wildman–Crippen LogP) is 3.19. The van der Waals surface area contributed by atoms with E-state index in [9.17, 15) is 4.79 Å². The van der Waals surface area contributed by atoms with Crippen molar-refractivity contribution in [2.45, 2.75) is 0 Å². The minimum Gasteiger partial charge on any atom is -0.478 e. The van der Waals surface area contributed by atoms with Crippen molar-refractivity contribution >= 4 is 11.7 Å². The maximum Gasteiger partial charge on any atom is 0.335 e. The zero-order valence-electron chi connectivity index (χ0n) is 15.2. The van der Waals surface area contributed by atoms with Crippen LogP contribution >= 0.6 is 0 Å². The van der Waals surface area contributed by atoms with Crippen molar-refractivity contribution in [2.24, 2.45) is 0 Å². The van der Waals surface area contributed by atoms with Gasteiger partial charge in [-0.1, -0.05) is 18.2 Å². The van der Waals surface area contributed by atoms with Gasteiger partial charge in [0, 0.05) is 61.5 Å². The molecular formula is C21H22N4O2. The first-order valence-electron chi connectivity index (χ1n) is 9.02. The van der Waals surface area contributed by atoms with Gasteiger partial charge in [-0.25, -0.2) is 4.79 Å². The van der Waals surface area contributed by atoms with Crippen molar-refractivity contribution in [1.82, 2.24) is 14.9 Å². The number of carboxylic acids is 1. The highest BCUT2D eigenvalue weighted by Gasteiger charge is 2.23. The molecule has 0 atom stereocenters. The quantitative estimate of drug-likeness (QED) is 0.746. The van der Waals surface area contributed by atoms with Crippen molar-refractivity contribution in [3.8, 4) is 22.4 Å². The zero-order valence-corrected chi connectivity index (χ0v) is 15.2. The molecule has 2 N–H and O–H groups in total. The Morgan fingerprint density at radius 2 is 1.81 bits per heavy atom. The van der Waals surface area contributed by atoms with Crippen LogP contribution in [-0.2, 0) is 0 Å². The van der Waals surface area contributed by atoms with Crippen LogP contribution in [0.4, 0.5) is 5.69 Å². The Bertz CT molecular complexity index is 927. The van der Waals surface area contributed by atoms with E-state index in [-0.39, 0.29) is 0 Å². The number of benzene rings is 1. The molecule has 0 unspecified atom stereocenters. The molecule has 27 heavy (non-hydrogen) atoms. The lowest BCUT2D eigenvalue weighted by molar-refractivity contribution is 0.0697. The van der Waals surface area contributed by atoms with E-state index in [1.807, 2.05) is 30.6 Å². The monoisotopic (exact) mass is 362 g/mol. The average Bonchev–Trinajstić information content (AvgIpc) is 3.14. The number of H-pyrrole nitrogens is 1. The lowest BCUT2D eigenvalue weighted by Gasteiger charge is -2.35. The second-order valence-corrected chi connectivity index (χ2v) is 6.84. The van der Waals surface area contributed by atoms with Crippen LogP contribution in [-0.4, -0.2) is 59.2 Å². The number of hydrogen-bond acceptors (Lipinski definition) is 4. The highest BCUT2D eigenvalue weighted by Crippen LogP contribution is 2.39. The van der Waals surface area contributed by atoms with E-state index in [0.717, 1.165) is 54.3 Å². The Balaban J connectivity index is 1.79. The Morgan fingerprint density at radius 3 is 2.44 bits per heavy atom. The van der Waals surface area contributed by atoms with Crippen molar-refractivity contribution in [1.29, 1.82) is 0 Å². The first kappa shape index (κ1) is 17.3. The second-order valence-electron chi connectivity index (χ2n) is 6.84. The van der Waals surface area contributed by atoms with E-state index in [4.69, 9.17) is 5.11 Å². The molecular weight excluding hydrogens is 340 g/mol. The van der Waals surface area contributed by atoms with Gasteiger partial charge in [0.2, 0.25) is 0 Å². The number of hydrogen-bond donors (Lipinski definition) is 2. The largest absolute Gasteiger partial charge is 0.478 e. The Labute approximate surface area is 158 Å². The number of likely N-dealkylation sites (N-methyl/N-ethyl adjacent to an activating group) is 1. The smallest absolute Gasteiger partial charge is 0.335 e. The van der Waals surface area contributed by atoms with Crippen molar-refractivity contribution < 1.29 is 9.90 Å². The molecule has 138 valence electrons. The van der Waals surface area contributed by atoms with Crippen LogP contribution < -0.4 is 4.90 Å². The van der Waals surface area contributed by atoms with Crippen LogP contribution in [0.15, 0.2) is 55.0 Å². The van der Waals surface area contributed by atoms with Gasteiger partial charge in [-0.3, -0.25) is 4.98 Å². The van der Waals surface area contributed by atoms with Gasteiger partial charge in [-0.2, -0.15) is 0 Å². The molecule has 3 heterocycles. The third kappa shape index (κ3) is 3.44. The summed E-state index contributed by atoms with van der Waals surface area (Å²) in [5.74, 6) is -0.914. The summed E-state index contributed by atoms with van der Waals surface area (Å²) in [5, 5.41) is 9.15. The molecule has 1 saturated heterocycles. The molecule has 0 amide bonds. The lowest BCUT2D eigenvalue weighted by Crippen LogP contribution is -2.44. The van der Waals surface area contributed by atoms with E-state index >= 15 is 0 Å². The van der Waals surface area contributed by atoms with Crippen LogP contribution in [0.1, 0.15) is 10.4 Å². The highest BCUT2D eigenvalue weighted by molar-refractivity contribution is 5.92. The molecule has 1 fully saturated rings. The Hall–Kier alpha value is -3.12. The molecule has 1 aliphatic rings. The number of aromatic amines is 1. The van der Waals surface area contributed by atoms with Gasteiger partial charge in [0.15, 0.2) is 0 Å². The fourth-order valence-electron chi connectivity index (χ4n) is 3.52. The number of pyridine rings is 1. The molecule has 0 radical (unpaired) electrons. The summed E-state index contributed by atoms with van der Waals surface area (Å²) >= 11 is 0. The van der Waals surface area contributed by atoms with Gasteiger partial charge < -0.3 is 19.9 Å². The molecule has 1 aliphatic heterocycles. The SMILES string of the molecule is CN1CCN(c2c(-c3cccnc3)c[nH]c2-c2ccc(C(=O)O)cc2)CC1. The summed E-state index contributed by atoms with van der Waals surface area (Å²) in [5.41, 5.74) is 5.61. The summed E-state index contributed by atoms with van der Waals surface area (Å²) < 4.78 is 0. The van der Waals surface area contributed by atoms with Gasteiger partial charge in [-0.05, 0) is 25.2 Å². The van der Waals surface area contributed by atoms with Crippen LogP contribution in [0, 0.1) is 0 Å². The Kier molecular flexibility index (Phi) is 4.64. The molecule has 3 aromatic rings. The molecule has 4 rings (SSSR count). The third-order valence-electron chi connectivity index (χ3n) is 5.07. The average molecular weight is 362 g/mol. The summed E-state index contributed by atoms with van der Waals surface area (Å²) in [6, 6.07) is 11.0. The van der Waals surface area contributed by atoms with Gasteiger partial charge in [0.05, 0.1) is 16.9 Å². The standard InChI is InChI=1S/C21H22N4O2/c1-24-9-11-25(12-10-24)20-18(17-3-2-8-22-13-17)14-23-19(20)15-4-6-16(7-5-15)21(26)27/h2-8,13-14,23H,9-12H2,1H3,(H,26,27). The van der Waals surface area contributed by atoms with E-state index in [1.165, 1.54) is 0 Å². The number of anilines is 1. The number of carboxylic acid groups (broad SMARTS) is 1. The van der Waals surface area contributed by atoms with Crippen LogP contribution in [0.2, 0.25) is 0 Å². The summed E-state index contributed by atoms with van der Waals surface area (Å²) in [4.78, 5) is 23.6. The first-order valence-corrected chi connectivity index (χ1v) is 9.02. The maximum atomic E-state index is 11.2. The minimum absolute atomic E-state index is 0.291. The van der Waals surface area contributed by atoms with Crippen molar-refractivity contribution in [3.05, 3.63) is 60.6 Å². The summed E-state index contributed by atoms with van der Waals surface area (Å²) in [6.07, 6.45) is 5.67. The van der Waals surface area contributed by atoms with Gasteiger partial charge in [0.1, 0.15) is 0 Å². The van der Waals surface area contributed by atoms with Crippen molar-refractivity contribution in [3.63, 3.8) is 0 Å². The predicted molar refractivity (Wildman–Crippen MR) is 106 cm³/mol. The molecule has 0 bridgehead atoms. The van der Waals surface area contributed by atoms with E-state index in [2.05, 4.69) is 32.9 Å². The number of aromatic nitrogens is 2. The number of nitrogens with zero attached hydrogens (tertiary/aromatic N) is 3. The number of piperazine rings is 1. The van der Waals surface area contributed by atoms with Crippen LogP contribution in [0.25, 0.3) is 22.4 Å². The summed E-state index contributed by atoms with van der Waals surface area (Å²) in [7, 11) is 2.14. The minimum atomic E-state index is -0.914. The first-order chi connectivity index (χ1) is 13.1. The Morgan fingerprint density at radius 1 is 1.07 bits per heavy atom. The van der Waals surface area contributed by atoms with Crippen molar-refractivity contribution in [2.75, 3.05) is 38.1 Å². The topological polar surface area (TPSA) is 72.5 Å². The second kappa shape index (κ2) is 7.25. The highest BCUT2D eigenvalue weighted by atomic mass is 16.4. The maximum absolute atomic E-state index is 11.2. The molecule has 1 aromatic carbocycles. The summed E-state index contributed by atoms with van der Waals surface area (Å²) in [6.45, 7) is 3.91. The zero-order chi connectivity index (χ0) is 18.8. The third-order valence-corrected chi connectivity index (χ3v) is 5.07. The van der Waals surface area contributed by atoms with E-state index < -0.39 is 5.97 Å². The molecule has 2 aromatic heterocycles. The van der Waals surface area contributed by atoms with Gasteiger partial charge in [0.25, 0.3) is 0 Å². The van der Waals surface area contributed by atoms with Gasteiger partial charge in [-0.15, -0.1) is 0 Å². The fourth-order valence-corrected chi connectivity index (χ4v) is 3.52. The number of nitrogens with one attached hydrogen (secondary N) is 1. The number of aromatic carboxylic acids is 1. The van der Waals surface area contributed by atoms with E-state index in [1.54, 1.807) is 18.3 Å².